The molecule has 98 heavy (non-hydrogen) atoms. The van der Waals surface area contributed by atoms with E-state index < -0.39 is 16.2 Å². The van der Waals surface area contributed by atoms with E-state index in [0.717, 1.165) is 33.4 Å². The Morgan fingerprint density at radius 1 is 0.255 bits per heavy atom. The smallest absolute Gasteiger partial charge is 0.166 e. The molecule has 8 bridgehead atoms. The topological polar surface area (TPSA) is 137 Å². The molecule has 0 fully saturated rings. The van der Waals surface area contributed by atoms with Crippen molar-refractivity contribution in [1.29, 1.82) is 0 Å². The molecule has 24 heteroatoms. The minimum atomic E-state index is -0.439. The Kier molecular flexibility index (Phi) is 18.7. The van der Waals surface area contributed by atoms with Crippen LogP contribution < -0.4 is 14.2 Å². The van der Waals surface area contributed by atoms with Crippen molar-refractivity contribution in [3.8, 4) is 80.0 Å². The molecular weight excluding hydrogens is 1510 g/mol. The number of rotatable bonds is 6. The van der Waals surface area contributed by atoms with E-state index >= 15 is 0 Å². The molecule has 11 nitrogen and oxygen atoms in total. The summed E-state index contributed by atoms with van der Waals surface area (Å²) in [6, 6.07) is 18.0. The van der Waals surface area contributed by atoms with Crippen LogP contribution in [0.1, 0.15) is 158 Å². The number of hydrogen-bond acceptors (Lipinski definition) is 9. The number of nitrogens with one attached hydrogen (secondary N) is 2. The summed E-state index contributed by atoms with van der Waals surface area (Å²) in [5.41, 5.74) is 4.51. The van der Waals surface area contributed by atoms with E-state index in [2.05, 4.69) is 153 Å². The summed E-state index contributed by atoms with van der Waals surface area (Å²) in [7, 11) is 0. The summed E-state index contributed by atoms with van der Waals surface area (Å²) in [5, 5.41) is -0.184. The van der Waals surface area contributed by atoms with Gasteiger partial charge in [0.1, 0.15) is 54.9 Å². The normalized spacial score (nSPS) is 13.1. The number of halogens is 13. The zero-order chi connectivity index (χ0) is 71.8. The largest absolute Gasteiger partial charge is 0.454 e. The second kappa shape index (κ2) is 25.2. The van der Waals surface area contributed by atoms with Gasteiger partial charge in [0.05, 0.1) is 94.0 Å². The summed E-state index contributed by atoms with van der Waals surface area (Å²) in [5.74, 6) is 1.07. The van der Waals surface area contributed by atoms with Crippen LogP contribution in [0, 0.1) is 0 Å². The Morgan fingerprint density at radius 3 is 0.755 bits per heavy atom. The molecule has 10 aromatic rings. The standard InChI is InChI=1S/C74H65Cl13N8O3/c1-69(2,3)28-19-22-34(31(25-28)72(10,11)12)96-58-50(80)42-39(47(77)55(58)85)63-89-61-37-38(46(76)54(84)53(83)45(37)75)62(88-61)90-64-40-43(51(81)59(56(86)48(40)78)97-35-23-20-29(70(4,5)6)26-32(35)73(13,14)15)67(92-64)95-68-44-41(65(94-68)93-66(42)91-63)49(79)57(87)60(52(44)82)98-36-24-21-30(71(7,8)9)27-33(36)74(16,17)18/h19-27H,1-18H3,(H2,88,89,90,91,92,93,94,95). The minimum Gasteiger partial charge on any atom is -0.454 e. The Balaban J connectivity index is 1.24. The first-order valence-electron chi connectivity index (χ1n) is 31.1. The van der Waals surface area contributed by atoms with E-state index in [1.54, 1.807) is 0 Å². The molecule has 2 aliphatic heterocycles. The lowest BCUT2D eigenvalue weighted by Gasteiger charge is -2.27. The predicted octanol–water partition coefficient (Wildman–Crippen LogP) is 28.5. The number of ether oxygens (including phenoxy) is 3. The van der Waals surface area contributed by atoms with Crippen LogP contribution >= 0.6 is 151 Å². The van der Waals surface area contributed by atoms with Crippen molar-refractivity contribution in [1.82, 2.24) is 39.9 Å². The summed E-state index contributed by atoms with van der Waals surface area (Å²) in [4.78, 5) is 37.8. The van der Waals surface area contributed by atoms with Crippen molar-refractivity contribution in [3.63, 3.8) is 0 Å². The molecule has 2 aliphatic rings. The van der Waals surface area contributed by atoms with Crippen LogP contribution in [-0.2, 0) is 32.5 Å². The quantitative estimate of drug-likeness (QED) is 0.123. The number of aromatic nitrogens is 8. The van der Waals surface area contributed by atoms with Gasteiger partial charge >= 0.3 is 0 Å². The summed E-state index contributed by atoms with van der Waals surface area (Å²) < 4.78 is 20.7. The molecule has 0 unspecified atom stereocenters. The van der Waals surface area contributed by atoms with Gasteiger partial charge in [-0.1, -0.05) is 312 Å². The lowest BCUT2D eigenvalue weighted by atomic mass is 9.80. The third-order valence-corrected chi connectivity index (χ3v) is 22.7. The van der Waals surface area contributed by atoms with Crippen LogP contribution in [0.15, 0.2) is 54.6 Å². The molecule has 2 N–H and O–H groups in total. The minimum absolute atomic E-state index is 0.00249. The Bertz CT molecular complexity index is 5310. The van der Waals surface area contributed by atoms with Crippen molar-refractivity contribution >= 4 is 195 Å². The highest BCUT2D eigenvalue weighted by Gasteiger charge is 2.38. The molecule has 0 saturated carbocycles. The van der Waals surface area contributed by atoms with Crippen molar-refractivity contribution in [2.45, 2.75) is 157 Å². The molecule has 0 amide bonds. The van der Waals surface area contributed by atoms with Gasteiger partial charge in [-0.3, -0.25) is 0 Å². The van der Waals surface area contributed by atoms with Gasteiger partial charge in [0, 0.05) is 16.7 Å². The summed E-state index contributed by atoms with van der Waals surface area (Å²) in [6.07, 6.45) is 0. The van der Waals surface area contributed by atoms with Crippen molar-refractivity contribution in [2.24, 2.45) is 0 Å². The fraction of sp³-hybridized carbons (Fsp3) is 0.324. The number of fused-ring (bicyclic) bond motifs is 20. The highest BCUT2D eigenvalue weighted by molar-refractivity contribution is 6.57. The van der Waals surface area contributed by atoms with Gasteiger partial charge in [-0.05, 0) is 67.4 Å². The lowest BCUT2D eigenvalue weighted by Crippen LogP contribution is -2.17. The third kappa shape index (κ3) is 12.6. The monoisotopic (exact) mass is 1570 g/mol. The van der Waals surface area contributed by atoms with E-state index in [4.69, 9.17) is 195 Å². The zero-order valence-electron chi connectivity index (χ0n) is 56.5. The number of nitrogens with zero attached hydrogens (tertiary/aromatic N) is 6. The van der Waals surface area contributed by atoms with Crippen molar-refractivity contribution in [2.75, 3.05) is 0 Å². The van der Waals surface area contributed by atoms with Crippen molar-refractivity contribution < 1.29 is 14.2 Å². The van der Waals surface area contributed by atoms with Crippen LogP contribution in [0.5, 0.6) is 34.5 Å². The van der Waals surface area contributed by atoms with Crippen LogP contribution in [0.4, 0.5) is 0 Å². The van der Waals surface area contributed by atoms with Gasteiger partial charge in [0.2, 0.25) is 0 Å². The van der Waals surface area contributed by atoms with Gasteiger partial charge in [-0.15, -0.1) is 0 Å². The average Bonchev–Trinajstić information content (AvgIpc) is 1.55. The maximum Gasteiger partial charge on any atom is 0.166 e. The SMILES string of the molecule is CC(C)(C)c1ccc(Oc2c(Cl)c(Cl)c3c(c2Cl)-c2nc-3nc3[nH]c(nc4nc(nc5[nH]c(n2)c2c(Cl)c(Cl)c(Oc6ccc(C(C)(C)C)cc6C(C)(C)C)c(Cl)c52)-c2c(Cl)c(Oc5ccc(C(C)(C)C)cc5C(C)(C)C)c(Cl)c(Cl)c2-4)c2c(Cl)c(Cl)c(Cl)c(Cl)c32)c(C(C)(C)C)c1. The maximum absolute atomic E-state index is 7.82. The van der Waals surface area contributed by atoms with Crippen LogP contribution in [0.2, 0.25) is 65.3 Å². The molecule has 3 aromatic heterocycles. The molecule has 0 aliphatic carbocycles. The van der Waals surface area contributed by atoms with Crippen LogP contribution in [0.3, 0.4) is 0 Å². The Labute approximate surface area is 633 Å². The van der Waals surface area contributed by atoms with E-state index in [1.807, 2.05) is 36.4 Å². The number of hydrogen-bond donors (Lipinski definition) is 2. The molecule has 510 valence electrons. The first-order valence-corrected chi connectivity index (χ1v) is 36.0. The fourth-order valence-corrected chi connectivity index (χ4v) is 15.5. The highest BCUT2D eigenvalue weighted by atomic mass is 35.5. The predicted molar refractivity (Wildman–Crippen MR) is 413 cm³/mol. The van der Waals surface area contributed by atoms with Crippen LogP contribution in [-0.4, -0.2) is 39.9 Å². The Morgan fingerprint density at radius 2 is 0.490 bits per heavy atom. The Hall–Kier alpha value is -4.93. The molecule has 0 saturated heterocycles. The van der Waals surface area contributed by atoms with Crippen molar-refractivity contribution in [3.05, 3.63) is 153 Å². The second-order valence-corrected chi connectivity index (χ2v) is 35.5. The lowest BCUT2D eigenvalue weighted by molar-refractivity contribution is 0.453. The summed E-state index contributed by atoms with van der Waals surface area (Å²) >= 11 is 96.8. The third-order valence-electron chi connectivity index (χ3n) is 17.3. The van der Waals surface area contributed by atoms with Gasteiger partial charge < -0.3 is 24.2 Å². The number of benzene rings is 7. The molecule has 5 heterocycles. The number of H-pyrrole nitrogens is 2. The van der Waals surface area contributed by atoms with E-state index in [-0.39, 0.29) is 188 Å². The highest BCUT2D eigenvalue weighted by Crippen LogP contribution is 2.59. The van der Waals surface area contributed by atoms with Crippen LogP contribution in [0.25, 0.3) is 89.7 Å². The zero-order valence-corrected chi connectivity index (χ0v) is 66.3. The second-order valence-electron chi connectivity index (χ2n) is 30.6. The van der Waals surface area contributed by atoms with E-state index in [1.165, 1.54) is 0 Å². The fourth-order valence-electron chi connectivity index (χ4n) is 11.9. The number of aromatic amines is 2. The average molecular weight is 1580 g/mol. The molecule has 0 atom stereocenters. The van der Waals surface area contributed by atoms with Gasteiger partial charge in [0.15, 0.2) is 40.5 Å². The maximum atomic E-state index is 7.82. The van der Waals surface area contributed by atoms with Gasteiger partial charge in [0.25, 0.3) is 0 Å². The first-order chi connectivity index (χ1) is 45.3. The molecule has 0 spiro atoms. The molecular formula is C74H65Cl13N8O3. The first kappa shape index (κ1) is 72.8. The summed E-state index contributed by atoms with van der Waals surface area (Å²) in [6.45, 7) is 38.0. The molecule has 12 rings (SSSR count). The molecule has 7 aromatic carbocycles. The van der Waals surface area contributed by atoms with Gasteiger partial charge in [-0.2, -0.15) is 0 Å². The van der Waals surface area contributed by atoms with E-state index in [0.29, 0.717) is 17.2 Å². The van der Waals surface area contributed by atoms with Gasteiger partial charge in [-0.25, -0.2) is 29.9 Å². The van der Waals surface area contributed by atoms with E-state index in [9.17, 15) is 0 Å². The molecule has 0 radical (unpaired) electrons.